The van der Waals surface area contributed by atoms with Gasteiger partial charge < -0.3 is 5.73 Å². The Bertz CT molecular complexity index is 700. The van der Waals surface area contributed by atoms with Crippen LogP contribution in [-0.4, -0.2) is 15.0 Å². The van der Waals surface area contributed by atoms with Gasteiger partial charge in [0.15, 0.2) is 0 Å². The highest BCUT2D eigenvalue weighted by atomic mass is 79.9. The molecule has 0 saturated carbocycles. The van der Waals surface area contributed by atoms with Crippen molar-refractivity contribution in [1.82, 2.24) is 4.72 Å². The lowest BCUT2D eigenvalue weighted by Gasteiger charge is -2.08. The molecular weight excluding hydrogens is 352 g/mol. The van der Waals surface area contributed by atoms with Crippen molar-refractivity contribution in [2.45, 2.75) is 17.9 Å². The lowest BCUT2D eigenvalue weighted by Crippen LogP contribution is -2.23. The third-order valence-electron chi connectivity index (χ3n) is 3.02. The Kier molecular flexibility index (Phi) is 5.52. The highest BCUT2D eigenvalue weighted by Crippen LogP contribution is 2.14. The average Bonchev–Trinajstić information content (AvgIpc) is 2.46. The first kappa shape index (κ1) is 16.2. The van der Waals surface area contributed by atoms with Gasteiger partial charge in [0.1, 0.15) is 0 Å². The fourth-order valence-corrected chi connectivity index (χ4v) is 3.37. The molecule has 2 rings (SSSR count). The second-order valence-electron chi connectivity index (χ2n) is 4.64. The molecule has 6 heteroatoms. The average molecular weight is 369 g/mol. The van der Waals surface area contributed by atoms with Crippen molar-refractivity contribution in [1.29, 1.82) is 0 Å². The van der Waals surface area contributed by atoms with Gasteiger partial charge in [0.2, 0.25) is 10.0 Å². The second-order valence-corrected chi connectivity index (χ2v) is 7.32. The molecule has 0 radical (unpaired) electrons. The van der Waals surface area contributed by atoms with E-state index in [4.69, 9.17) is 5.73 Å². The fraction of sp³-hybridized carbons (Fsp3) is 0.200. The molecule has 0 spiro atoms. The minimum Gasteiger partial charge on any atom is -0.330 e. The molecule has 4 nitrogen and oxygen atoms in total. The van der Waals surface area contributed by atoms with Gasteiger partial charge in [-0.2, -0.15) is 0 Å². The molecule has 0 aliphatic carbocycles. The summed E-state index contributed by atoms with van der Waals surface area (Å²) in [6.07, 6.45) is 0.742. The van der Waals surface area contributed by atoms with E-state index in [1.165, 1.54) is 0 Å². The Labute approximate surface area is 133 Å². The molecule has 0 aliphatic heterocycles. The topological polar surface area (TPSA) is 72.2 Å². The lowest BCUT2D eigenvalue weighted by molar-refractivity contribution is 0.581. The molecule has 0 fully saturated rings. The van der Waals surface area contributed by atoms with E-state index in [9.17, 15) is 8.42 Å². The van der Waals surface area contributed by atoms with Crippen LogP contribution in [0.15, 0.2) is 57.9 Å². The highest BCUT2D eigenvalue weighted by Gasteiger charge is 2.13. The number of hydrogen-bond acceptors (Lipinski definition) is 3. The molecular formula is C15H17BrN2O2S. The molecule has 0 saturated heterocycles. The van der Waals surface area contributed by atoms with E-state index in [0.29, 0.717) is 6.54 Å². The molecule has 0 atom stereocenters. The summed E-state index contributed by atoms with van der Waals surface area (Å²) >= 11 is 3.36. The maximum absolute atomic E-state index is 12.2. The molecule has 3 N–H and O–H groups in total. The number of nitrogens with two attached hydrogens (primary N) is 1. The molecule has 112 valence electrons. The molecule has 0 bridgehead atoms. The Morgan fingerprint density at radius 2 is 1.76 bits per heavy atom. The number of halogens is 1. The summed E-state index contributed by atoms with van der Waals surface area (Å²) in [6.45, 7) is 0.805. The van der Waals surface area contributed by atoms with Crippen molar-refractivity contribution in [3.8, 4) is 0 Å². The lowest BCUT2D eigenvalue weighted by atomic mass is 10.2. The van der Waals surface area contributed by atoms with Crippen LogP contribution in [0.25, 0.3) is 0 Å². The molecule has 0 aromatic heterocycles. The maximum atomic E-state index is 12.2. The van der Waals surface area contributed by atoms with Crippen molar-refractivity contribution < 1.29 is 8.42 Å². The zero-order valence-corrected chi connectivity index (χ0v) is 13.8. The van der Waals surface area contributed by atoms with Crippen LogP contribution in [0.4, 0.5) is 0 Å². The van der Waals surface area contributed by atoms with Crippen LogP contribution in [0.3, 0.4) is 0 Å². The molecule has 0 amide bonds. The van der Waals surface area contributed by atoms with Gasteiger partial charge in [0.25, 0.3) is 0 Å². The van der Waals surface area contributed by atoms with Crippen LogP contribution < -0.4 is 10.5 Å². The van der Waals surface area contributed by atoms with E-state index in [1.54, 1.807) is 24.3 Å². The van der Waals surface area contributed by atoms with Crippen molar-refractivity contribution >= 4 is 26.0 Å². The predicted octanol–water partition coefficient (Wildman–Crippen LogP) is 2.43. The number of rotatable bonds is 6. The molecule has 0 unspecified atom stereocenters. The zero-order chi connectivity index (χ0) is 15.3. The summed E-state index contributed by atoms with van der Waals surface area (Å²) in [5.41, 5.74) is 7.40. The van der Waals surface area contributed by atoms with Gasteiger partial charge in [0.05, 0.1) is 4.90 Å². The highest BCUT2D eigenvalue weighted by molar-refractivity contribution is 9.10. The maximum Gasteiger partial charge on any atom is 0.240 e. The van der Waals surface area contributed by atoms with Crippen LogP contribution in [0, 0.1) is 0 Å². The Morgan fingerprint density at radius 1 is 1.05 bits per heavy atom. The quantitative estimate of drug-likeness (QED) is 0.822. The van der Waals surface area contributed by atoms with Crippen molar-refractivity contribution in [2.75, 3.05) is 6.54 Å². The summed E-state index contributed by atoms with van der Waals surface area (Å²) in [5, 5.41) is 0. The van der Waals surface area contributed by atoms with Gasteiger partial charge >= 0.3 is 0 Å². The second kappa shape index (κ2) is 7.17. The smallest absolute Gasteiger partial charge is 0.240 e. The minimum absolute atomic E-state index is 0.256. The summed E-state index contributed by atoms with van der Waals surface area (Å²) in [6, 6.07) is 14.3. The molecule has 21 heavy (non-hydrogen) atoms. The van der Waals surface area contributed by atoms with Crippen LogP contribution in [0.5, 0.6) is 0 Å². The number of hydrogen-bond donors (Lipinski definition) is 2. The van der Waals surface area contributed by atoms with Crippen LogP contribution in [0.2, 0.25) is 0 Å². The monoisotopic (exact) mass is 368 g/mol. The van der Waals surface area contributed by atoms with Crippen molar-refractivity contribution in [3.05, 3.63) is 64.1 Å². The summed E-state index contributed by atoms with van der Waals surface area (Å²) in [4.78, 5) is 0.262. The molecule has 0 aliphatic rings. The molecule has 2 aromatic carbocycles. The van der Waals surface area contributed by atoms with E-state index in [-0.39, 0.29) is 11.4 Å². The van der Waals surface area contributed by atoms with Crippen LogP contribution in [-0.2, 0) is 23.0 Å². The van der Waals surface area contributed by atoms with E-state index in [1.807, 2.05) is 24.3 Å². The van der Waals surface area contributed by atoms with Gasteiger partial charge in [0, 0.05) is 11.0 Å². The third kappa shape index (κ3) is 4.64. The number of sulfonamides is 1. The SMILES string of the molecule is NCCc1ccc(S(=O)(=O)NCc2cccc(Br)c2)cc1. The van der Waals surface area contributed by atoms with Gasteiger partial charge in [-0.1, -0.05) is 40.2 Å². The van der Waals surface area contributed by atoms with Crippen molar-refractivity contribution in [3.63, 3.8) is 0 Å². The van der Waals surface area contributed by atoms with Crippen LogP contribution in [0.1, 0.15) is 11.1 Å². The van der Waals surface area contributed by atoms with Gasteiger partial charge in [-0.25, -0.2) is 13.1 Å². The van der Waals surface area contributed by atoms with Crippen molar-refractivity contribution in [2.24, 2.45) is 5.73 Å². The van der Waals surface area contributed by atoms with Gasteiger partial charge in [-0.15, -0.1) is 0 Å². The van der Waals surface area contributed by atoms with E-state index >= 15 is 0 Å². The molecule has 2 aromatic rings. The fourth-order valence-electron chi connectivity index (χ4n) is 1.91. The zero-order valence-electron chi connectivity index (χ0n) is 11.4. The normalized spacial score (nSPS) is 11.5. The Morgan fingerprint density at radius 3 is 2.38 bits per heavy atom. The summed E-state index contributed by atoms with van der Waals surface area (Å²) < 4.78 is 27.9. The minimum atomic E-state index is -3.50. The summed E-state index contributed by atoms with van der Waals surface area (Å²) in [5.74, 6) is 0. The Balaban J connectivity index is 2.07. The third-order valence-corrected chi connectivity index (χ3v) is 4.93. The largest absolute Gasteiger partial charge is 0.330 e. The number of benzene rings is 2. The molecule has 0 heterocycles. The van der Waals surface area contributed by atoms with Crippen LogP contribution >= 0.6 is 15.9 Å². The first-order valence-corrected chi connectivity index (χ1v) is 8.82. The standard InChI is InChI=1S/C15H17BrN2O2S/c16-14-3-1-2-13(10-14)11-18-21(19,20)15-6-4-12(5-7-15)8-9-17/h1-7,10,18H,8-9,11,17H2. The Hall–Kier alpha value is -1.21. The van der Waals surface area contributed by atoms with E-state index < -0.39 is 10.0 Å². The van der Waals surface area contributed by atoms with E-state index in [2.05, 4.69) is 20.7 Å². The van der Waals surface area contributed by atoms with Gasteiger partial charge in [-0.3, -0.25) is 0 Å². The summed E-state index contributed by atoms with van der Waals surface area (Å²) in [7, 11) is -3.50. The number of nitrogens with one attached hydrogen (secondary N) is 1. The first-order chi connectivity index (χ1) is 10.0. The predicted molar refractivity (Wildman–Crippen MR) is 87.4 cm³/mol. The van der Waals surface area contributed by atoms with E-state index in [0.717, 1.165) is 22.0 Å². The van der Waals surface area contributed by atoms with Gasteiger partial charge in [-0.05, 0) is 48.4 Å². The first-order valence-electron chi connectivity index (χ1n) is 6.54.